The summed E-state index contributed by atoms with van der Waals surface area (Å²) in [5.74, 6) is 0.290. The summed E-state index contributed by atoms with van der Waals surface area (Å²) >= 11 is 1.39. The molecule has 7 nitrogen and oxygen atoms in total. The Hall–Kier alpha value is -2.19. The summed E-state index contributed by atoms with van der Waals surface area (Å²) in [6.45, 7) is 0.796. The Kier molecular flexibility index (Phi) is 8.25. The predicted octanol–water partition coefficient (Wildman–Crippen LogP) is 2.87. The lowest BCUT2D eigenvalue weighted by atomic mass is 9.88. The van der Waals surface area contributed by atoms with Gasteiger partial charge in [-0.1, -0.05) is 61.4 Å². The molecule has 8 heteroatoms. The molecule has 3 rings (SSSR count). The monoisotopic (exact) mass is 416 g/mol. The van der Waals surface area contributed by atoms with E-state index in [4.69, 9.17) is 4.42 Å². The van der Waals surface area contributed by atoms with E-state index in [1.54, 1.807) is 0 Å². The van der Waals surface area contributed by atoms with Crippen LogP contribution >= 0.6 is 11.8 Å². The Labute approximate surface area is 175 Å². The molecule has 1 heterocycles. The lowest BCUT2D eigenvalue weighted by Crippen LogP contribution is -2.45. The first-order valence-corrected chi connectivity index (χ1v) is 11.2. The van der Waals surface area contributed by atoms with Crippen molar-refractivity contribution in [2.75, 3.05) is 19.3 Å². The molecule has 0 bridgehead atoms. The predicted molar refractivity (Wildman–Crippen MR) is 112 cm³/mol. The number of rotatable bonds is 10. The van der Waals surface area contributed by atoms with Gasteiger partial charge in [-0.2, -0.15) is 0 Å². The number of Topliss-reactive ketones (excluding diaryl/α,β-unsaturated/α-hetero) is 1. The molecule has 29 heavy (non-hydrogen) atoms. The van der Waals surface area contributed by atoms with Crippen LogP contribution in [0.25, 0.3) is 0 Å². The Morgan fingerprint density at radius 2 is 1.93 bits per heavy atom. The van der Waals surface area contributed by atoms with E-state index >= 15 is 0 Å². The van der Waals surface area contributed by atoms with Gasteiger partial charge in [-0.15, -0.1) is 10.2 Å². The number of nitrogens with zero attached hydrogens (tertiary/aromatic N) is 2. The van der Waals surface area contributed by atoms with E-state index in [0.717, 1.165) is 43.5 Å². The first-order valence-electron chi connectivity index (χ1n) is 10.2. The Morgan fingerprint density at radius 1 is 1.17 bits per heavy atom. The molecule has 0 unspecified atom stereocenters. The van der Waals surface area contributed by atoms with Gasteiger partial charge in [-0.25, -0.2) is 0 Å². The lowest BCUT2D eigenvalue weighted by Gasteiger charge is -2.24. The summed E-state index contributed by atoms with van der Waals surface area (Å²) in [7, 11) is 1.87. The molecular formula is C21H28N4O3S. The topological polar surface area (TPSA) is 97.1 Å². The van der Waals surface area contributed by atoms with Crippen LogP contribution in [0.2, 0.25) is 0 Å². The minimum Gasteiger partial charge on any atom is -0.408 e. The fourth-order valence-electron chi connectivity index (χ4n) is 3.47. The number of nitrogens with one attached hydrogen (secondary N) is 2. The maximum absolute atomic E-state index is 13.1. The molecule has 0 aliphatic heterocycles. The second-order valence-electron chi connectivity index (χ2n) is 7.28. The first-order chi connectivity index (χ1) is 14.2. The fourth-order valence-corrected chi connectivity index (χ4v) is 4.19. The molecule has 1 aliphatic carbocycles. The van der Waals surface area contributed by atoms with Crippen LogP contribution in [-0.4, -0.2) is 47.3 Å². The summed E-state index contributed by atoms with van der Waals surface area (Å²) in [6, 6.07) is 8.93. The molecule has 1 aromatic heterocycles. The average Bonchev–Trinajstić information content (AvgIpc) is 3.23. The van der Waals surface area contributed by atoms with E-state index in [1.165, 1.54) is 18.2 Å². The largest absolute Gasteiger partial charge is 0.408 e. The highest BCUT2D eigenvalue weighted by atomic mass is 32.2. The van der Waals surface area contributed by atoms with E-state index < -0.39 is 6.04 Å². The second kappa shape index (κ2) is 11.1. The van der Waals surface area contributed by atoms with Crippen molar-refractivity contribution in [1.29, 1.82) is 0 Å². The van der Waals surface area contributed by atoms with E-state index in [0.29, 0.717) is 11.6 Å². The van der Waals surface area contributed by atoms with Gasteiger partial charge in [0.15, 0.2) is 0 Å². The zero-order chi connectivity index (χ0) is 20.5. The molecular weight excluding hydrogens is 388 g/mol. The number of ketones is 1. The highest BCUT2D eigenvalue weighted by molar-refractivity contribution is 7.99. The van der Waals surface area contributed by atoms with Crippen LogP contribution in [0, 0.1) is 5.92 Å². The smallest absolute Gasteiger partial charge is 0.286 e. The number of hydrogen-bond acceptors (Lipinski definition) is 7. The third kappa shape index (κ3) is 6.40. The van der Waals surface area contributed by atoms with Gasteiger partial charge in [0.2, 0.25) is 11.7 Å². The Morgan fingerprint density at radius 3 is 2.66 bits per heavy atom. The van der Waals surface area contributed by atoms with E-state index in [9.17, 15) is 9.59 Å². The summed E-state index contributed by atoms with van der Waals surface area (Å²) < 4.78 is 5.55. The van der Waals surface area contributed by atoms with Gasteiger partial charge in [0, 0.05) is 24.6 Å². The SMILES string of the molecule is CNCCSc1nnc(C(=O)[C@H](Cc2ccccc2)NC(=O)C2CCCCC2)o1. The van der Waals surface area contributed by atoms with E-state index in [-0.39, 0.29) is 23.5 Å². The third-order valence-electron chi connectivity index (χ3n) is 5.09. The van der Waals surface area contributed by atoms with Crippen LogP contribution < -0.4 is 10.6 Å². The molecule has 1 aromatic carbocycles. The lowest BCUT2D eigenvalue weighted by molar-refractivity contribution is -0.126. The average molecular weight is 417 g/mol. The third-order valence-corrected chi connectivity index (χ3v) is 5.91. The second-order valence-corrected chi connectivity index (χ2v) is 8.32. The van der Waals surface area contributed by atoms with Gasteiger partial charge in [-0.3, -0.25) is 9.59 Å². The minimum absolute atomic E-state index is 0.0230. The number of aromatic nitrogens is 2. The van der Waals surface area contributed by atoms with Crippen molar-refractivity contribution in [3.05, 3.63) is 41.8 Å². The molecule has 2 aromatic rings. The first kappa shape index (κ1) is 21.5. The molecule has 1 amide bonds. The van der Waals surface area contributed by atoms with Gasteiger partial charge in [0.1, 0.15) is 6.04 Å². The van der Waals surface area contributed by atoms with Gasteiger partial charge >= 0.3 is 0 Å². The van der Waals surface area contributed by atoms with Crippen LogP contribution in [0.15, 0.2) is 40.0 Å². The summed E-state index contributed by atoms with van der Waals surface area (Å²) in [6.07, 6.45) is 5.45. The Bertz CT molecular complexity index is 790. The van der Waals surface area contributed by atoms with Crippen LogP contribution in [0.4, 0.5) is 0 Å². The van der Waals surface area contributed by atoms with Crippen molar-refractivity contribution in [1.82, 2.24) is 20.8 Å². The maximum atomic E-state index is 13.1. The molecule has 1 fully saturated rings. The summed E-state index contributed by atoms with van der Waals surface area (Å²) in [4.78, 5) is 25.9. The van der Waals surface area contributed by atoms with Crippen LogP contribution in [-0.2, 0) is 11.2 Å². The standard InChI is InChI=1S/C21H28N4O3S/c1-22-12-13-29-21-25-24-20(28-21)18(26)17(14-15-8-4-2-5-9-15)23-19(27)16-10-6-3-7-11-16/h2,4-5,8-9,16-17,22H,3,6-7,10-14H2,1H3,(H,23,27)/t17-/m0/s1. The van der Waals surface area contributed by atoms with Crippen molar-refractivity contribution in [3.8, 4) is 0 Å². The number of hydrogen-bond donors (Lipinski definition) is 2. The van der Waals surface area contributed by atoms with Gasteiger partial charge < -0.3 is 15.1 Å². The molecule has 1 atom stereocenters. The highest BCUT2D eigenvalue weighted by Crippen LogP contribution is 2.24. The fraction of sp³-hybridized carbons (Fsp3) is 0.524. The number of thioether (sulfide) groups is 1. The van der Waals surface area contributed by atoms with Gasteiger partial charge in [0.25, 0.3) is 11.1 Å². The highest BCUT2D eigenvalue weighted by Gasteiger charge is 2.30. The molecule has 0 spiro atoms. The van der Waals surface area contributed by atoms with Gasteiger partial charge in [0.05, 0.1) is 0 Å². The minimum atomic E-state index is -0.720. The quantitative estimate of drug-likeness (QED) is 0.349. The maximum Gasteiger partial charge on any atom is 0.286 e. The summed E-state index contributed by atoms with van der Waals surface area (Å²) in [5, 5.41) is 14.2. The van der Waals surface area contributed by atoms with Crippen LogP contribution in [0.1, 0.15) is 48.4 Å². The zero-order valence-corrected chi connectivity index (χ0v) is 17.5. The molecule has 1 aliphatic rings. The van der Waals surface area contributed by atoms with Crippen molar-refractivity contribution >= 4 is 23.5 Å². The van der Waals surface area contributed by atoms with Crippen molar-refractivity contribution in [2.45, 2.75) is 49.8 Å². The molecule has 2 N–H and O–H groups in total. The molecule has 0 saturated heterocycles. The summed E-state index contributed by atoms with van der Waals surface area (Å²) in [5.41, 5.74) is 0.970. The molecule has 0 radical (unpaired) electrons. The van der Waals surface area contributed by atoms with Crippen molar-refractivity contribution in [3.63, 3.8) is 0 Å². The van der Waals surface area contributed by atoms with E-state index in [1.807, 2.05) is 37.4 Å². The van der Waals surface area contributed by atoms with E-state index in [2.05, 4.69) is 20.8 Å². The molecule has 156 valence electrons. The molecule has 1 saturated carbocycles. The Balaban J connectivity index is 1.71. The number of carbonyl (C=O) groups excluding carboxylic acids is 2. The van der Waals surface area contributed by atoms with Crippen LogP contribution in [0.3, 0.4) is 0 Å². The van der Waals surface area contributed by atoms with Gasteiger partial charge in [-0.05, 0) is 25.5 Å². The van der Waals surface area contributed by atoms with Crippen molar-refractivity contribution in [2.24, 2.45) is 5.92 Å². The number of amides is 1. The number of carbonyl (C=O) groups is 2. The van der Waals surface area contributed by atoms with Crippen LogP contribution in [0.5, 0.6) is 0 Å². The zero-order valence-electron chi connectivity index (χ0n) is 16.7. The normalized spacial score (nSPS) is 15.8. The number of benzene rings is 1. The van der Waals surface area contributed by atoms with Crippen molar-refractivity contribution < 1.29 is 14.0 Å².